The van der Waals surface area contributed by atoms with Crippen LogP contribution in [0.5, 0.6) is 0 Å². The van der Waals surface area contributed by atoms with E-state index >= 15 is 0 Å². The predicted octanol–water partition coefficient (Wildman–Crippen LogP) is 2.19. The van der Waals surface area contributed by atoms with Crippen molar-refractivity contribution in [3.63, 3.8) is 0 Å². The number of carbonyl (C=O) groups excluding carboxylic acids is 1. The van der Waals surface area contributed by atoms with Crippen LogP contribution >= 0.6 is 15.9 Å². The SMILES string of the molecule is CC(C)[C@H](N)C(=O)NCc1ccc(F)cc1Br. The standard InChI is InChI=1S/C12H16BrFN2O/c1-7(2)11(15)12(17)16-6-8-3-4-9(14)5-10(8)13/h3-5,7,11H,6,15H2,1-2H3,(H,16,17)/t11-/m0/s1. The van der Waals surface area contributed by atoms with Crippen molar-refractivity contribution in [2.45, 2.75) is 26.4 Å². The fraction of sp³-hybridized carbons (Fsp3) is 0.417. The number of nitrogens with two attached hydrogens (primary N) is 1. The normalized spacial score (nSPS) is 12.6. The van der Waals surface area contributed by atoms with Crippen LogP contribution in [0.3, 0.4) is 0 Å². The van der Waals surface area contributed by atoms with Gasteiger partial charge in [-0.1, -0.05) is 35.8 Å². The molecule has 5 heteroatoms. The molecule has 0 bridgehead atoms. The molecule has 0 aliphatic heterocycles. The van der Waals surface area contributed by atoms with Crippen LogP contribution in [0.2, 0.25) is 0 Å². The third-order valence-electron chi connectivity index (χ3n) is 2.49. The van der Waals surface area contributed by atoms with E-state index in [0.717, 1.165) is 5.56 Å². The molecule has 0 radical (unpaired) electrons. The lowest BCUT2D eigenvalue weighted by molar-refractivity contribution is -0.123. The number of nitrogens with one attached hydrogen (secondary N) is 1. The van der Waals surface area contributed by atoms with Crippen molar-refractivity contribution in [2.24, 2.45) is 11.7 Å². The molecule has 0 spiro atoms. The van der Waals surface area contributed by atoms with Crippen LogP contribution in [-0.2, 0) is 11.3 Å². The Balaban J connectivity index is 2.59. The average Bonchev–Trinajstić information content (AvgIpc) is 2.26. The van der Waals surface area contributed by atoms with Crippen molar-refractivity contribution in [3.05, 3.63) is 34.1 Å². The molecule has 1 atom stereocenters. The molecule has 0 aliphatic rings. The van der Waals surface area contributed by atoms with E-state index in [0.29, 0.717) is 11.0 Å². The van der Waals surface area contributed by atoms with Gasteiger partial charge in [0.15, 0.2) is 0 Å². The minimum Gasteiger partial charge on any atom is -0.351 e. The summed E-state index contributed by atoms with van der Waals surface area (Å²) in [4.78, 5) is 11.6. The second-order valence-corrected chi connectivity index (χ2v) is 5.08. The molecule has 3 nitrogen and oxygen atoms in total. The van der Waals surface area contributed by atoms with Gasteiger partial charge in [-0.25, -0.2) is 4.39 Å². The Labute approximate surface area is 109 Å². The van der Waals surface area contributed by atoms with Crippen LogP contribution in [0, 0.1) is 11.7 Å². The molecule has 17 heavy (non-hydrogen) atoms. The first-order valence-electron chi connectivity index (χ1n) is 5.39. The van der Waals surface area contributed by atoms with E-state index in [1.165, 1.54) is 12.1 Å². The van der Waals surface area contributed by atoms with Gasteiger partial charge in [0.2, 0.25) is 5.91 Å². The number of amides is 1. The summed E-state index contributed by atoms with van der Waals surface area (Å²) in [6.07, 6.45) is 0. The number of rotatable bonds is 4. The largest absolute Gasteiger partial charge is 0.351 e. The van der Waals surface area contributed by atoms with Crippen LogP contribution in [-0.4, -0.2) is 11.9 Å². The Morgan fingerprint density at radius 1 is 1.53 bits per heavy atom. The van der Waals surface area contributed by atoms with E-state index in [4.69, 9.17) is 5.73 Å². The molecule has 0 aliphatic carbocycles. The number of hydrogen-bond donors (Lipinski definition) is 2. The number of benzene rings is 1. The van der Waals surface area contributed by atoms with Gasteiger partial charge in [0, 0.05) is 11.0 Å². The third-order valence-corrected chi connectivity index (χ3v) is 3.23. The minimum absolute atomic E-state index is 0.0895. The average molecular weight is 303 g/mol. The summed E-state index contributed by atoms with van der Waals surface area (Å²) in [6.45, 7) is 4.11. The van der Waals surface area contributed by atoms with Crippen molar-refractivity contribution in [3.8, 4) is 0 Å². The summed E-state index contributed by atoms with van der Waals surface area (Å²) in [5.41, 5.74) is 6.52. The van der Waals surface area contributed by atoms with Crippen molar-refractivity contribution < 1.29 is 9.18 Å². The Bertz CT molecular complexity index is 409. The van der Waals surface area contributed by atoms with E-state index in [1.54, 1.807) is 6.07 Å². The molecular formula is C12H16BrFN2O. The van der Waals surface area contributed by atoms with E-state index < -0.39 is 6.04 Å². The van der Waals surface area contributed by atoms with Gasteiger partial charge >= 0.3 is 0 Å². The van der Waals surface area contributed by atoms with Gasteiger partial charge in [0.25, 0.3) is 0 Å². The summed E-state index contributed by atoms with van der Waals surface area (Å²) in [6, 6.07) is 3.83. The number of hydrogen-bond acceptors (Lipinski definition) is 2. The van der Waals surface area contributed by atoms with Gasteiger partial charge in [0.1, 0.15) is 5.82 Å². The number of carbonyl (C=O) groups is 1. The predicted molar refractivity (Wildman–Crippen MR) is 68.8 cm³/mol. The molecule has 1 amide bonds. The molecule has 0 unspecified atom stereocenters. The maximum Gasteiger partial charge on any atom is 0.237 e. The molecule has 1 aromatic carbocycles. The molecule has 0 aromatic heterocycles. The van der Waals surface area contributed by atoms with Crippen LogP contribution in [0.1, 0.15) is 19.4 Å². The molecule has 3 N–H and O–H groups in total. The summed E-state index contributed by atoms with van der Waals surface area (Å²) in [5, 5.41) is 2.72. The van der Waals surface area contributed by atoms with E-state index in [2.05, 4.69) is 21.2 Å². The summed E-state index contributed by atoms with van der Waals surface area (Å²) < 4.78 is 13.5. The lowest BCUT2D eigenvalue weighted by Gasteiger charge is -2.15. The molecule has 0 heterocycles. The van der Waals surface area contributed by atoms with Gasteiger partial charge in [-0.2, -0.15) is 0 Å². The molecule has 0 saturated carbocycles. The topological polar surface area (TPSA) is 55.1 Å². The molecule has 0 saturated heterocycles. The van der Waals surface area contributed by atoms with Crippen LogP contribution in [0.15, 0.2) is 22.7 Å². The van der Waals surface area contributed by atoms with Crippen molar-refractivity contribution in [2.75, 3.05) is 0 Å². The zero-order valence-corrected chi connectivity index (χ0v) is 11.4. The number of halogens is 2. The van der Waals surface area contributed by atoms with Gasteiger partial charge in [-0.3, -0.25) is 4.79 Å². The Morgan fingerprint density at radius 3 is 2.71 bits per heavy atom. The van der Waals surface area contributed by atoms with Crippen LogP contribution < -0.4 is 11.1 Å². The minimum atomic E-state index is -0.519. The lowest BCUT2D eigenvalue weighted by Crippen LogP contribution is -2.43. The highest BCUT2D eigenvalue weighted by Gasteiger charge is 2.16. The van der Waals surface area contributed by atoms with Crippen molar-refractivity contribution in [1.82, 2.24) is 5.32 Å². The monoisotopic (exact) mass is 302 g/mol. The molecule has 0 fully saturated rings. The van der Waals surface area contributed by atoms with Crippen molar-refractivity contribution in [1.29, 1.82) is 0 Å². The molecule has 1 aromatic rings. The van der Waals surface area contributed by atoms with Gasteiger partial charge in [-0.05, 0) is 23.6 Å². The first kappa shape index (κ1) is 14.1. The van der Waals surface area contributed by atoms with E-state index in [9.17, 15) is 9.18 Å². The first-order chi connectivity index (χ1) is 7.91. The highest BCUT2D eigenvalue weighted by atomic mass is 79.9. The molecule has 94 valence electrons. The summed E-state index contributed by atoms with van der Waals surface area (Å²) in [5.74, 6) is -0.422. The van der Waals surface area contributed by atoms with E-state index in [1.807, 2.05) is 13.8 Å². The maximum atomic E-state index is 12.8. The first-order valence-corrected chi connectivity index (χ1v) is 6.18. The Morgan fingerprint density at radius 2 is 2.18 bits per heavy atom. The van der Waals surface area contributed by atoms with Gasteiger partial charge < -0.3 is 11.1 Å². The summed E-state index contributed by atoms with van der Waals surface area (Å²) >= 11 is 3.24. The zero-order valence-electron chi connectivity index (χ0n) is 9.84. The second kappa shape index (κ2) is 6.12. The zero-order chi connectivity index (χ0) is 13.0. The molecule has 1 rings (SSSR count). The smallest absolute Gasteiger partial charge is 0.237 e. The Hall–Kier alpha value is -0.940. The fourth-order valence-corrected chi connectivity index (χ4v) is 1.76. The second-order valence-electron chi connectivity index (χ2n) is 4.22. The molecular weight excluding hydrogens is 287 g/mol. The quantitative estimate of drug-likeness (QED) is 0.896. The van der Waals surface area contributed by atoms with Crippen LogP contribution in [0.4, 0.5) is 4.39 Å². The fourth-order valence-electron chi connectivity index (χ4n) is 1.27. The highest BCUT2D eigenvalue weighted by molar-refractivity contribution is 9.10. The van der Waals surface area contributed by atoms with E-state index in [-0.39, 0.29) is 17.6 Å². The summed E-state index contributed by atoms with van der Waals surface area (Å²) in [7, 11) is 0. The lowest BCUT2D eigenvalue weighted by atomic mass is 10.0. The van der Waals surface area contributed by atoms with Crippen molar-refractivity contribution >= 4 is 21.8 Å². The Kier molecular flexibility index (Phi) is 5.08. The van der Waals surface area contributed by atoms with Gasteiger partial charge in [0.05, 0.1) is 6.04 Å². The highest BCUT2D eigenvalue weighted by Crippen LogP contribution is 2.17. The maximum absolute atomic E-state index is 12.8. The van der Waals surface area contributed by atoms with Gasteiger partial charge in [-0.15, -0.1) is 0 Å². The van der Waals surface area contributed by atoms with Crippen LogP contribution in [0.25, 0.3) is 0 Å². The third kappa shape index (κ3) is 4.09.